The van der Waals surface area contributed by atoms with Crippen LogP contribution >= 0.6 is 0 Å². The number of sulfonamides is 1. The first-order chi connectivity index (χ1) is 9.96. The van der Waals surface area contributed by atoms with Crippen LogP contribution < -0.4 is 9.46 Å². The lowest BCUT2D eigenvalue weighted by atomic mass is 10.1. The maximum Gasteiger partial charge on any atom is 0.209 e. The van der Waals surface area contributed by atoms with Crippen molar-refractivity contribution < 1.29 is 17.5 Å². The van der Waals surface area contributed by atoms with E-state index in [0.717, 1.165) is 11.8 Å². The van der Waals surface area contributed by atoms with E-state index in [9.17, 15) is 12.8 Å². The molecule has 0 bridgehead atoms. The van der Waals surface area contributed by atoms with Crippen molar-refractivity contribution in [2.45, 2.75) is 6.04 Å². The Hall–Kier alpha value is -1.92. The van der Waals surface area contributed by atoms with E-state index in [4.69, 9.17) is 4.74 Å². The van der Waals surface area contributed by atoms with Crippen LogP contribution in [0.2, 0.25) is 0 Å². The van der Waals surface area contributed by atoms with Crippen molar-refractivity contribution in [2.24, 2.45) is 0 Å². The molecule has 2 rings (SSSR count). The van der Waals surface area contributed by atoms with Gasteiger partial charge in [0.25, 0.3) is 0 Å². The van der Waals surface area contributed by atoms with Crippen LogP contribution in [0.25, 0.3) is 0 Å². The Morgan fingerprint density at radius 1 is 1.10 bits per heavy atom. The molecule has 112 valence electrons. The van der Waals surface area contributed by atoms with E-state index in [2.05, 4.69) is 4.72 Å². The van der Waals surface area contributed by atoms with Crippen molar-refractivity contribution in [3.63, 3.8) is 0 Å². The van der Waals surface area contributed by atoms with E-state index >= 15 is 0 Å². The van der Waals surface area contributed by atoms with Crippen LogP contribution in [-0.2, 0) is 10.0 Å². The molecule has 0 fully saturated rings. The molecule has 0 aliphatic rings. The van der Waals surface area contributed by atoms with Gasteiger partial charge < -0.3 is 4.74 Å². The molecule has 0 saturated carbocycles. The van der Waals surface area contributed by atoms with Crippen LogP contribution in [0.5, 0.6) is 5.75 Å². The molecule has 0 saturated heterocycles. The summed E-state index contributed by atoms with van der Waals surface area (Å²) in [6.45, 7) is -0.00197. The van der Waals surface area contributed by atoms with Gasteiger partial charge in [-0.2, -0.15) is 0 Å². The van der Waals surface area contributed by atoms with E-state index in [1.54, 1.807) is 36.4 Å². The molecule has 2 aromatic rings. The smallest absolute Gasteiger partial charge is 0.209 e. The lowest BCUT2D eigenvalue weighted by Gasteiger charge is -2.18. The summed E-state index contributed by atoms with van der Waals surface area (Å²) >= 11 is 0. The number of halogens is 1. The third-order valence-corrected chi connectivity index (χ3v) is 3.51. The van der Waals surface area contributed by atoms with Gasteiger partial charge in [0, 0.05) is 0 Å². The van der Waals surface area contributed by atoms with Crippen molar-refractivity contribution in [2.75, 3.05) is 12.9 Å². The first-order valence-electron chi connectivity index (χ1n) is 6.35. The molecule has 0 amide bonds. The monoisotopic (exact) mass is 309 g/mol. The third-order valence-electron chi connectivity index (χ3n) is 2.80. The average molecular weight is 309 g/mol. The lowest BCUT2D eigenvalue weighted by Crippen LogP contribution is -2.31. The Kier molecular flexibility index (Phi) is 4.93. The molecule has 0 spiro atoms. The molecule has 0 aromatic heterocycles. The van der Waals surface area contributed by atoms with Gasteiger partial charge in [-0.25, -0.2) is 17.5 Å². The number of hydrogen-bond donors (Lipinski definition) is 1. The highest BCUT2D eigenvalue weighted by molar-refractivity contribution is 7.88. The Morgan fingerprint density at radius 3 is 2.33 bits per heavy atom. The van der Waals surface area contributed by atoms with E-state index in [1.165, 1.54) is 12.1 Å². The second kappa shape index (κ2) is 6.69. The van der Waals surface area contributed by atoms with Crippen molar-refractivity contribution in [3.8, 4) is 5.75 Å². The van der Waals surface area contributed by atoms with E-state index in [1.807, 2.05) is 6.07 Å². The summed E-state index contributed by atoms with van der Waals surface area (Å²) in [5, 5.41) is 0. The fourth-order valence-electron chi connectivity index (χ4n) is 1.88. The number of hydrogen-bond acceptors (Lipinski definition) is 3. The first-order valence-corrected chi connectivity index (χ1v) is 8.24. The zero-order valence-electron chi connectivity index (χ0n) is 11.5. The van der Waals surface area contributed by atoms with Gasteiger partial charge in [0.15, 0.2) is 11.6 Å². The van der Waals surface area contributed by atoms with Gasteiger partial charge in [0.05, 0.1) is 12.3 Å². The van der Waals surface area contributed by atoms with Crippen molar-refractivity contribution in [1.82, 2.24) is 4.72 Å². The maximum absolute atomic E-state index is 13.5. The first kappa shape index (κ1) is 15.5. The molecular formula is C15H16FNO3S. The second-order valence-corrected chi connectivity index (χ2v) is 6.37. The summed E-state index contributed by atoms with van der Waals surface area (Å²) in [6.07, 6.45) is 1.08. The minimum absolute atomic E-state index is 0.00197. The standard InChI is InChI=1S/C15H16FNO3S/c1-21(18,19)17-14(12-7-3-2-4-8-12)11-20-15-10-6-5-9-13(15)16/h2-10,14,17H,11H2,1H3/t14-/m1/s1. The number of benzene rings is 2. The minimum atomic E-state index is -3.41. The van der Waals surface area contributed by atoms with Gasteiger partial charge in [-0.1, -0.05) is 42.5 Å². The predicted octanol–water partition coefficient (Wildman–Crippen LogP) is 2.50. The molecule has 6 heteroatoms. The summed E-state index contributed by atoms with van der Waals surface area (Å²) in [5.41, 5.74) is 0.749. The Labute approximate surface area is 123 Å². The number of nitrogens with one attached hydrogen (secondary N) is 1. The van der Waals surface area contributed by atoms with Gasteiger partial charge in [-0.05, 0) is 17.7 Å². The highest BCUT2D eigenvalue weighted by Gasteiger charge is 2.17. The molecule has 0 radical (unpaired) electrons. The Morgan fingerprint density at radius 2 is 1.71 bits per heavy atom. The zero-order valence-corrected chi connectivity index (χ0v) is 12.3. The number of rotatable bonds is 6. The van der Waals surface area contributed by atoms with Crippen LogP contribution in [0.1, 0.15) is 11.6 Å². The number of para-hydroxylation sites is 1. The Bertz CT molecular complexity index is 689. The summed E-state index contributed by atoms with van der Waals surface area (Å²) in [5.74, 6) is -0.391. The quantitative estimate of drug-likeness (QED) is 0.892. The molecule has 0 aliphatic carbocycles. The summed E-state index contributed by atoms with van der Waals surface area (Å²) < 4.78 is 44.3. The second-order valence-electron chi connectivity index (χ2n) is 4.59. The fraction of sp³-hybridized carbons (Fsp3) is 0.200. The summed E-state index contributed by atoms with van der Waals surface area (Å²) in [6, 6.07) is 14.4. The van der Waals surface area contributed by atoms with Crippen LogP contribution in [0, 0.1) is 5.82 Å². The maximum atomic E-state index is 13.5. The van der Waals surface area contributed by atoms with Gasteiger partial charge in [-0.15, -0.1) is 0 Å². The number of ether oxygens (including phenoxy) is 1. The predicted molar refractivity (Wildman–Crippen MR) is 79.1 cm³/mol. The van der Waals surface area contributed by atoms with Crippen molar-refractivity contribution in [1.29, 1.82) is 0 Å². The normalized spacial score (nSPS) is 12.9. The van der Waals surface area contributed by atoms with Crippen LogP contribution in [0.15, 0.2) is 54.6 Å². The molecular weight excluding hydrogens is 293 g/mol. The average Bonchev–Trinajstić information content (AvgIpc) is 2.45. The molecule has 4 nitrogen and oxygen atoms in total. The highest BCUT2D eigenvalue weighted by Crippen LogP contribution is 2.19. The lowest BCUT2D eigenvalue weighted by molar-refractivity contribution is 0.269. The van der Waals surface area contributed by atoms with E-state index in [-0.39, 0.29) is 12.4 Å². The zero-order chi connectivity index (χ0) is 15.3. The van der Waals surface area contributed by atoms with Crippen molar-refractivity contribution >= 4 is 10.0 Å². The molecule has 0 heterocycles. The molecule has 1 atom stereocenters. The van der Waals surface area contributed by atoms with Gasteiger partial charge in [0.1, 0.15) is 6.61 Å². The summed E-state index contributed by atoms with van der Waals surface area (Å²) in [4.78, 5) is 0. The minimum Gasteiger partial charge on any atom is -0.488 e. The molecule has 21 heavy (non-hydrogen) atoms. The van der Waals surface area contributed by atoms with Gasteiger partial charge >= 0.3 is 0 Å². The highest BCUT2D eigenvalue weighted by atomic mass is 32.2. The van der Waals surface area contributed by atoms with Gasteiger partial charge in [0.2, 0.25) is 10.0 Å². The molecule has 0 unspecified atom stereocenters. The SMILES string of the molecule is CS(=O)(=O)N[C@H](COc1ccccc1F)c1ccccc1. The van der Waals surface area contributed by atoms with Gasteiger partial charge in [-0.3, -0.25) is 0 Å². The summed E-state index contributed by atoms with van der Waals surface area (Å²) in [7, 11) is -3.41. The Balaban J connectivity index is 2.15. The fourth-order valence-corrected chi connectivity index (χ4v) is 2.60. The third kappa shape index (κ3) is 4.84. The topological polar surface area (TPSA) is 55.4 Å². The largest absolute Gasteiger partial charge is 0.488 e. The van der Waals surface area contributed by atoms with E-state index < -0.39 is 21.9 Å². The molecule has 1 N–H and O–H groups in total. The van der Waals surface area contributed by atoms with E-state index in [0.29, 0.717) is 0 Å². The molecule has 2 aromatic carbocycles. The van der Waals surface area contributed by atoms with Crippen LogP contribution in [-0.4, -0.2) is 21.3 Å². The van der Waals surface area contributed by atoms with Crippen molar-refractivity contribution in [3.05, 3.63) is 66.0 Å². The van der Waals surface area contributed by atoms with Crippen LogP contribution in [0.3, 0.4) is 0 Å². The molecule has 0 aliphatic heterocycles. The van der Waals surface area contributed by atoms with Crippen LogP contribution in [0.4, 0.5) is 4.39 Å².